The number of benzene rings is 2. The monoisotopic (exact) mass is 449 g/mol. The maximum atomic E-state index is 13.1. The number of aliphatic hydroxyl groups excluding tert-OH is 1. The summed E-state index contributed by atoms with van der Waals surface area (Å²) < 4.78 is 5.48. The van der Waals surface area contributed by atoms with E-state index in [-0.39, 0.29) is 37.6 Å². The van der Waals surface area contributed by atoms with E-state index in [9.17, 15) is 9.59 Å². The van der Waals surface area contributed by atoms with Crippen molar-refractivity contribution in [1.82, 2.24) is 10.3 Å². The number of hydrazone groups is 1. The lowest BCUT2D eigenvalue weighted by Gasteiger charge is -2.21. The Bertz CT molecular complexity index is 1080. The molecule has 1 aromatic heterocycles. The molecule has 2 N–H and O–H groups in total. The van der Waals surface area contributed by atoms with Crippen molar-refractivity contribution in [3.05, 3.63) is 88.1 Å². The molecule has 0 saturated heterocycles. The van der Waals surface area contributed by atoms with Crippen LogP contribution in [0.2, 0.25) is 0 Å². The van der Waals surface area contributed by atoms with E-state index in [0.717, 1.165) is 16.8 Å². The number of ether oxygens (including phenoxy) is 1. The van der Waals surface area contributed by atoms with Crippen molar-refractivity contribution >= 4 is 28.9 Å². The van der Waals surface area contributed by atoms with Crippen molar-refractivity contribution in [3.63, 3.8) is 0 Å². The van der Waals surface area contributed by atoms with Crippen molar-refractivity contribution in [1.29, 1.82) is 0 Å². The third kappa shape index (κ3) is 5.04. The van der Waals surface area contributed by atoms with Gasteiger partial charge in [-0.2, -0.15) is 5.10 Å². The predicted molar refractivity (Wildman–Crippen MR) is 123 cm³/mol. The molecule has 0 spiro atoms. The second-order valence-electron chi connectivity index (χ2n) is 7.19. The smallest absolute Gasteiger partial charge is 0.284 e. The van der Waals surface area contributed by atoms with Gasteiger partial charge in [0.2, 0.25) is 0 Å². The Morgan fingerprint density at radius 1 is 1.09 bits per heavy atom. The Morgan fingerprint density at radius 3 is 2.56 bits per heavy atom. The molecule has 0 aliphatic carbocycles. The van der Waals surface area contributed by atoms with Crippen LogP contribution in [0.5, 0.6) is 5.75 Å². The van der Waals surface area contributed by atoms with E-state index in [1.165, 1.54) is 11.3 Å². The first-order chi connectivity index (χ1) is 15.7. The van der Waals surface area contributed by atoms with Crippen LogP contribution in [0, 0.1) is 0 Å². The summed E-state index contributed by atoms with van der Waals surface area (Å²) >= 11 is 1.40. The first-order valence-corrected chi connectivity index (χ1v) is 11.1. The molecule has 0 bridgehead atoms. The van der Waals surface area contributed by atoms with Crippen molar-refractivity contribution < 1.29 is 19.4 Å². The van der Waals surface area contributed by atoms with Crippen LogP contribution < -0.4 is 10.1 Å². The highest BCUT2D eigenvalue weighted by atomic mass is 32.1. The molecule has 1 unspecified atom stereocenters. The number of aliphatic hydroxyl groups is 1. The molecule has 4 rings (SSSR count). The van der Waals surface area contributed by atoms with Gasteiger partial charge in [0.15, 0.2) is 6.61 Å². The van der Waals surface area contributed by atoms with Crippen LogP contribution in [0.1, 0.15) is 33.3 Å². The second-order valence-corrected chi connectivity index (χ2v) is 8.14. The van der Waals surface area contributed by atoms with E-state index in [1.807, 2.05) is 60.0 Å². The molecule has 1 aliphatic rings. The normalized spacial score (nSPS) is 15.3. The minimum Gasteiger partial charge on any atom is -0.484 e. The molecule has 8 heteroatoms. The number of hydrogen-bond acceptors (Lipinski definition) is 6. The molecule has 164 valence electrons. The quantitative estimate of drug-likeness (QED) is 0.552. The van der Waals surface area contributed by atoms with E-state index < -0.39 is 0 Å². The van der Waals surface area contributed by atoms with Crippen LogP contribution in [0.15, 0.2) is 77.2 Å². The average molecular weight is 450 g/mol. The SMILES string of the molecule is O=C(COc1ccc(C2=NN(C(=O)c3cccs3)C(c3ccccc3)C2)cc1)NCCO. The maximum Gasteiger partial charge on any atom is 0.284 e. The summed E-state index contributed by atoms with van der Waals surface area (Å²) in [6.45, 7) is -0.0395. The van der Waals surface area contributed by atoms with E-state index in [2.05, 4.69) is 10.4 Å². The summed E-state index contributed by atoms with van der Waals surface area (Å²) in [5.74, 6) is 0.145. The minimum atomic E-state index is -0.295. The Labute approximate surface area is 190 Å². The lowest BCUT2D eigenvalue weighted by atomic mass is 9.98. The molecule has 7 nitrogen and oxygen atoms in total. The van der Waals surface area contributed by atoms with Gasteiger partial charge in [0.1, 0.15) is 5.75 Å². The standard InChI is InChI=1S/C24H23N3O4S/c28-13-12-25-23(29)16-31-19-10-8-17(9-11-19)20-15-21(18-5-2-1-3-6-18)27(26-20)24(30)22-7-4-14-32-22/h1-11,14,21,28H,12-13,15-16H2,(H,25,29). The van der Waals surface area contributed by atoms with Crippen LogP contribution in [-0.4, -0.2) is 47.4 Å². The number of carbonyl (C=O) groups is 2. The fraction of sp³-hybridized carbons (Fsp3) is 0.208. The fourth-order valence-corrected chi connectivity index (χ4v) is 4.11. The van der Waals surface area contributed by atoms with Gasteiger partial charge in [0.05, 0.1) is 23.2 Å². The summed E-state index contributed by atoms with van der Waals surface area (Å²) in [6, 6.07) is 20.7. The van der Waals surface area contributed by atoms with E-state index in [0.29, 0.717) is 17.0 Å². The fourth-order valence-electron chi connectivity index (χ4n) is 3.46. The largest absolute Gasteiger partial charge is 0.484 e. The number of thiophene rings is 1. The molecular weight excluding hydrogens is 426 g/mol. The number of nitrogens with zero attached hydrogens (tertiary/aromatic N) is 2. The van der Waals surface area contributed by atoms with Gasteiger partial charge in [-0.25, -0.2) is 5.01 Å². The summed E-state index contributed by atoms with van der Waals surface area (Å²) in [4.78, 5) is 25.4. The number of hydrogen-bond donors (Lipinski definition) is 2. The maximum absolute atomic E-state index is 13.1. The first-order valence-electron chi connectivity index (χ1n) is 10.3. The molecule has 2 amide bonds. The van der Waals surface area contributed by atoms with Crippen molar-refractivity contribution in [2.75, 3.05) is 19.8 Å². The Morgan fingerprint density at radius 2 is 1.88 bits per heavy atom. The van der Waals surface area contributed by atoms with Gasteiger partial charge in [-0.3, -0.25) is 9.59 Å². The van der Waals surface area contributed by atoms with Gasteiger partial charge in [0, 0.05) is 13.0 Å². The zero-order valence-corrected chi connectivity index (χ0v) is 18.1. The van der Waals surface area contributed by atoms with Gasteiger partial charge in [0.25, 0.3) is 11.8 Å². The lowest BCUT2D eigenvalue weighted by Crippen LogP contribution is -2.31. The van der Waals surface area contributed by atoms with Crippen LogP contribution in [0.4, 0.5) is 0 Å². The molecule has 0 fully saturated rings. The molecule has 1 atom stereocenters. The van der Waals surface area contributed by atoms with Crippen molar-refractivity contribution in [2.24, 2.45) is 5.10 Å². The van der Waals surface area contributed by atoms with Gasteiger partial charge in [-0.15, -0.1) is 11.3 Å². The summed E-state index contributed by atoms with van der Waals surface area (Å²) in [6.07, 6.45) is 0.602. The summed E-state index contributed by atoms with van der Waals surface area (Å²) in [7, 11) is 0. The summed E-state index contributed by atoms with van der Waals surface area (Å²) in [5.41, 5.74) is 2.74. The second kappa shape index (κ2) is 10.2. The molecule has 2 heterocycles. The van der Waals surface area contributed by atoms with Gasteiger partial charge in [-0.1, -0.05) is 36.4 Å². The molecule has 32 heavy (non-hydrogen) atoms. The minimum absolute atomic E-state index is 0.113. The lowest BCUT2D eigenvalue weighted by molar-refractivity contribution is -0.123. The Balaban J connectivity index is 1.50. The third-order valence-electron chi connectivity index (χ3n) is 5.03. The molecule has 2 aromatic carbocycles. The molecule has 1 aliphatic heterocycles. The van der Waals surface area contributed by atoms with Crippen LogP contribution in [0.25, 0.3) is 0 Å². The summed E-state index contributed by atoms with van der Waals surface area (Å²) in [5, 5.41) is 19.4. The number of rotatable bonds is 8. The molecule has 0 radical (unpaired) electrons. The van der Waals surface area contributed by atoms with Crippen molar-refractivity contribution in [2.45, 2.75) is 12.5 Å². The van der Waals surface area contributed by atoms with Gasteiger partial charge >= 0.3 is 0 Å². The Kier molecular flexibility index (Phi) is 6.94. The topological polar surface area (TPSA) is 91.2 Å². The first kappa shape index (κ1) is 21.7. The van der Waals surface area contributed by atoms with Crippen LogP contribution >= 0.6 is 11.3 Å². The zero-order valence-electron chi connectivity index (χ0n) is 17.3. The van der Waals surface area contributed by atoms with Gasteiger partial charge < -0.3 is 15.2 Å². The van der Waals surface area contributed by atoms with Crippen LogP contribution in [-0.2, 0) is 4.79 Å². The zero-order chi connectivity index (χ0) is 22.3. The number of amides is 2. The average Bonchev–Trinajstić information content (AvgIpc) is 3.53. The van der Waals surface area contributed by atoms with E-state index in [4.69, 9.17) is 9.84 Å². The van der Waals surface area contributed by atoms with E-state index in [1.54, 1.807) is 17.1 Å². The van der Waals surface area contributed by atoms with Crippen LogP contribution in [0.3, 0.4) is 0 Å². The highest BCUT2D eigenvalue weighted by Crippen LogP contribution is 2.34. The van der Waals surface area contributed by atoms with Crippen molar-refractivity contribution in [3.8, 4) is 5.75 Å². The molecule has 3 aromatic rings. The highest BCUT2D eigenvalue weighted by Gasteiger charge is 2.33. The highest BCUT2D eigenvalue weighted by molar-refractivity contribution is 7.12. The number of carbonyl (C=O) groups excluding carboxylic acids is 2. The predicted octanol–water partition coefficient (Wildman–Crippen LogP) is 3.23. The van der Waals surface area contributed by atoms with Gasteiger partial charge in [-0.05, 0) is 46.8 Å². The van der Waals surface area contributed by atoms with E-state index >= 15 is 0 Å². The molecule has 0 saturated carbocycles. The number of nitrogens with one attached hydrogen (secondary N) is 1. The Hall–Kier alpha value is -3.49. The molecular formula is C24H23N3O4S. The third-order valence-corrected chi connectivity index (χ3v) is 5.88.